The van der Waals surface area contributed by atoms with E-state index in [4.69, 9.17) is 23.2 Å². The van der Waals surface area contributed by atoms with Gasteiger partial charge in [0.2, 0.25) is 11.8 Å². The third-order valence-electron chi connectivity index (χ3n) is 6.38. The van der Waals surface area contributed by atoms with Crippen molar-refractivity contribution in [2.75, 3.05) is 10.8 Å². The lowest BCUT2D eigenvalue weighted by atomic mass is 10.1. The number of carbonyl (C=O) groups excluding carboxylic acids is 2. The number of nitrogens with one attached hydrogen (secondary N) is 1. The van der Waals surface area contributed by atoms with Crippen LogP contribution in [0.15, 0.2) is 77.7 Å². The second-order valence-corrected chi connectivity index (χ2v) is 12.2. The Labute approximate surface area is 240 Å². The minimum atomic E-state index is -4.16. The summed E-state index contributed by atoms with van der Waals surface area (Å²) in [5, 5.41) is 3.79. The number of amides is 2. The van der Waals surface area contributed by atoms with Gasteiger partial charge in [0, 0.05) is 22.6 Å². The summed E-state index contributed by atoms with van der Waals surface area (Å²) in [5.74, 6) is -0.872. The zero-order valence-corrected chi connectivity index (χ0v) is 24.7. The van der Waals surface area contributed by atoms with Crippen LogP contribution in [0, 0.1) is 6.92 Å². The van der Waals surface area contributed by atoms with E-state index >= 15 is 0 Å². The fraction of sp³-hybridized carbons (Fsp3) is 0.310. The Balaban J connectivity index is 2.03. The number of aryl methyl sites for hydroxylation is 1. The van der Waals surface area contributed by atoms with Gasteiger partial charge in [0.1, 0.15) is 12.6 Å². The van der Waals surface area contributed by atoms with E-state index in [1.807, 2.05) is 26.8 Å². The van der Waals surface area contributed by atoms with Gasteiger partial charge in [-0.3, -0.25) is 13.9 Å². The van der Waals surface area contributed by atoms with Gasteiger partial charge in [-0.2, -0.15) is 0 Å². The molecule has 0 aliphatic heterocycles. The molecule has 2 atom stereocenters. The molecule has 0 spiro atoms. The molecule has 10 heteroatoms. The van der Waals surface area contributed by atoms with Crippen LogP contribution in [0.1, 0.15) is 38.3 Å². The Hall–Kier alpha value is -3.07. The van der Waals surface area contributed by atoms with Gasteiger partial charge in [-0.05, 0) is 86.8 Å². The summed E-state index contributed by atoms with van der Waals surface area (Å²) in [7, 11) is -4.16. The molecule has 39 heavy (non-hydrogen) atoms. The van der Waals surface area contributed by atoms with Gasteiger partial charge in [-0.15, -0.1) is 0 Å². The Morgan fingerprint density at radius 3 is 2.21 bits per heavy atom. The van der Waals surface area contributed by atoms with Crippen LogP contribution in [0.4, 0.5) is 5.69 Å². The standard InChI is InChI=1S/C29H33Cl2N3O4S/c1-5-21(3)32-29(36)22(4)33(18-23-9-7-10-25(31)17-23)28(35)19-34(26-11-6-8-20(2)16-26)39(37,38)27-14-12-24(30)13-15-27/h6-17,21-22H,5,18-19H2,1-4H3,(H,32,36)/t21-,22-/m0/s1. The molecule has 0 aromatic heterocycles. The lowest BCUT2D eigenvalue weighted by Crippen LogP contribution is -2.52. The summed E-state index contributed by atoms with van der Waals surface area (Å²) >= 11 is 12.2. The van der Waals surface area contributed by atoms with Gasteiger partial charge in [-0.1, -0.05) is 54.4 Å². The molecule has 0 aliphatic carbocycles. The molecule has 0 fully saturated rings. The maximum atomic E-state index is 13.9. The van der Waals surface area contributed by atoms with Gasteiger partial charge in [0.25, 0.3) is 10.0 Å². The van der Waals surface area contributed by atoms with E-state index in [1.165, 1.54) is 29.2 Å². The molecule has 0 unspecified atom stereocenters. The van der Waals surface area contributed by atoms with Crippen molar-refractivity contribution >= 4 is 50.7 Å². The van der Waals surface area contributed by atoms with Crippen LogP contribution in [0.5, 0.6) is 0 Å². The van der Waals surface area contributed by atoms with Crippen molar-refractivity contribution in [2.45, 2.75) is 57.6 Å². The maximum Gasteiger partial charge on any atom is 0.264 e. The molecule has 208 valence electrons. The molecule has 2 amide bonds. The van der Waals surface area contributed by atoms with Gasteiger partial charge < -0.3 is 10.2 Å². The summed E-state index contributed by atoms with van der Waals surface area (Å²) in [6.45, 7) is 6.85. The van der Waals surface area contributed by atoms with E-state index in [2.05, 4.69) is 5.32 Å². The first-order chi connectivity index (χ1) is 18.4. The second-order valence-electron chi connectivity index (χ2n) is 9.45. The van der Waals surface area contributed by atoms with Crippen molar-refractivity contribution in [1.82, 2.24) is 10.2 Å². The van der Waals surface area contributed by atoms with Gasteiger partial charge >= 0.3 is 0 Å². The SMILES string of the molecule is CC[C@H](C)NC(=O)[C@H](C)N(Cc1cccc(Cl)c1)C(=O)CN(c1cccc(C)c1)S(=O)(=O)c1ccc(Cl)cc1. The number of hydrogen-bond donors (Lipinski definition) is 1. The average Bonchev–Trinajstić information content (AvgIpc) is 2.89. The van der Waals surface area contributed by atoms with Crippen LogP contribution >= 0.6 is 23.2 Å². The number of rotatable bonds is 11. The molecule has 3 aromatic carbocycles. The molecule has 0 heterocycles. The van der Waals surface area contributed by atoms with Crippen LogP contribution < -0.4 is 9.62 Å². The van der Waals surface area contributed by atoms with Crippen LogP contribution in [0.2, 0.25) is 10.0 Å². The average molecular weight is 591 g/mol. The summed E-state index contributed by atoms with van der Waals surface area (Å²) < 4.78 is 28.7. The Morgan fingerprint density at radius 1 is 0.923 bits per heavy atom. The molecular formula is C29H33Cl2N3O4S. The predicted molar refractivity (Wildman–Crippen MR) is 157 cm³/mol. The van der Waals surface area contributed by atoms with Crippen LogP contribution in [0.3, 0.4) is 0 Å². The quantitative estimate of drug-likeness (QED) is 0.305. The Kier molecular flexibility index (Phi) is 10.4. The number of nitrogens with zero attached hydrogens (tertiary/aromatic N) is 2. The second kappa shape index (κ2) is 13.3. The number of carbonyl (C=O) groups is 2. The van der Waals surface area contributed by atoms with E-state index in [0.29, 0.717) is 21.3 Å². The molecule has 0 saturated heterocycles. The largest absolute Gasteiger partial charge is 0.352 e. The van der Waals surface area contributed by atoms with Gasteiger partial charge in [0.05, 0.1) is 10.6 Å². The van der Waals surface area contributed by atoms with E-state index in [1.54, 1.807) is 49.4 Å². The number of hydrogen-bond acceptors (Lipinski definition) is 4. The normalized spacial score (nSPS) is 12.9. The number of anilines is 1. The minimum Gasteiger partial charge on any atom is -0.352 e. The molecule has 3 aromatic rings. The van der Waals surface area contributed by atoms with E-state index < -0.39 is 28.5 Å². The highest BCUT2D eigenvalue weighted by molar-refractivity contribution is 7.92. The van der Waals surface area contributed by atoms with Crippen molar-refractivity contribution in [2.24, 2.45) is 0 Å². The highest BCUT2D eigenvalue weighted by atomic mass is 35.5. The van der Waals surface area contributed by atoms with Crippen LogP contribution in [0.25, 0.3) is 0 Å². The van der Waals surface area contributed by atoms with E-state index in [0.717, 1.165) is 16.3 Å². The maximum absolute atomic E-state index is 13.9. The van der Waals surface area contributed by atoms with Crippen LogP contribution in [-0.2, 0) is 26.2 Å². The van der Waals surface area contributed by atoms with Crippen molar-refractivity contribution in [3.05, 3.63) is 94.0 Å². The summed E-state index contributed by atoms with van der Waals surface area (Å²) in [6, 6.07) is 18.7. The molecule has 1 N–H and O–H groups in total. The zero-order chi connectivity index (χ0) is 28.7. The van der Waals surface area contributed by atoms with Crippen molar-refractivity contribution in [3.63, 3.8) is 0 Å². The first-order valence-electron chi connectivity index (χ1n) is 12.6. The fourth-order valence-electron chi connectivity index (χ4n) is 3.93. The Morgan fingerprint density at radius 2 is 1.59 bits per heavy atom. The fourth-order valence-corrected chi connectivity index (χ4v) is 5.67. The molecule has 0 saturated carbocycles. The monoisotopic (exact) mass is 589 g/mol. The highest BCUT2D eigenvalue weighted by Gasteiger charge is 2.32. The number of sulfonamides is 1. The summed E-state index contributed by atoms with van der Waals surface area (Å²) in [4.78, 5) is 28.4. The lowest BCUT2D eigenvalue weighted by molar-refractivity contribution is -0.139. The first kappa shape index (κ1) is 30.5. The van der Waals surface area contributed by atoms with E-state index in [9.17, 15) is 18.0 Å². The third kappa shape index (κ3) is 7.97. The molecule has 3 rings (SSSR count). The van der Waals surface area contributed by atoms with Gasteiger partial charge in [-0.25, -0.2) is 8.42 Å². The van der Waals surface area contributed by atoms with E-state index in [-0.39, 0.29) is 23.4 Å². The topological polar surface area (TPSA) is 86.8 Å². The number of benzene rings is 3. The lowest BCUT2D eigenvalue weighted by Gasteiger charge is -2.32. The molecule has 0 bridgehead atoms. The van der Waals surface area contributed by atoms with Crippen LogP contribution in [-0.4, -0.2) is 43.8 Å². The first-order valence-corrected chi connectivity index (χ1v) is 14.8. The number of halogens is 2. The highest BCUT2D eigenvalue weighted by Crippen LogP contribution is 2.26. The Bertz CT molecular complexity index is 1410. The molecule has 0 radical (unpaired) electrons. The zero-order valence-electron chi connectivity index (χ0n) is 22.4. The molecular weight excluding hydrogens is 557 g/mol. The van der Waals surface area contributed by atoms with Crippen molar-refractivity contribution in [3.8, 4) is 0 Å². The van der Waals surface area contributed by atoms with Gasteiger partial charge in [0.15, 0.2) is 0 Å². The predicted octanol–water partition coefficient (Wildman–Crippen LogP) is 5.83. The summed E-state index contributed by atoms with van der Waals surface area (Å²) in [6.07, 6.45) is 0.723. The molecule has 0 aliphatic rings. The minimum absolute atomic E-state index is 0.00911. The third-order valence-corrected chi connectivity index (χ3v) is 8.66. The summed E-state index contributed by atoms with van der Waals surface area (Å²) in [5.41, 5.74) is 1.87. The smallest absolute Gasteiger partial charge is 0.264 e. The van der Waals surface area contributed by atoms with Crippen molar-refractivity contribution in [1.29, 1.82) is 0 Å². The van der Waals surface area contributed by atoms with Crippen molar-refractivity contribution < 1.29 is 18.0 Å². The molecule has 7 nitrogen and oxygen atoms in total.